The van der Waals surface area contributed by atoms with E-state index in [9.17, 15) is 9.59 Å². The molecule has 1 unspecified atom stereocenters. The van der Waals surface area contributed by atoms with Gasteiger partial charge >= 0.3 is 0 Å². The summed E-state index contributed by atoms with van der Waals surface area (Å²) in [6.45, 7) is 7.03. The lowest BCUT2D eigenvalue weighted by molar-refractivity contribution is -0.131. The average Bonchev–Trinajstić information content (AvgIpc) is 2.62. The maximum atomic E-state index is 11.8. The average molecular weight is 252 g/mol. The standard InChI is InChI=1S/C12H20N4O2/c1-8(13-11(18)12(2,3)4)10(17)14-9-6-7-16(5)15-9/h6-8H,1-5H3,(H,13,18)(H,14,15,17). The molecule has 100 valence electrons. The number of carbonyl (C=O) groups excluding carboxylic acids is 2. The smallest absolute Gasteiger partial charge is 0.247 e. The summed E-state index contributed by atoms with van der Waals surface area (Å²) in [6, 6.07) is 1.09. The van der Waals surface area contributed by atoms with Crippen LogP contribution in [0.5, 0.6) is 0 Å². The van der Waals surface area contributed by atoms with Crippen LogP contribution in [-0.2, 0) is 16.6 Å². The van der Waals surface area contributed by atoms with Crippen molar-refractivity contribution in [1.82, 2.24) is 15.1 Å². The molecular weight excluding hydrogens is 232 g/mol. The molecule has 0 aliphatic rings. The van der Waals surface area contributed by atoms with Crippen LogP contribution in [0.3, 0.4) is 0 Å². The number of nitrogens with one attached hydrogen (secondary N) is 2. The molecule has 2 amide bonds. The van der Waals surface area contributed by atoms with Gasteiger partial charge in [0, 0.05) is 24.7 Å². The van der Waals surface area contributed by atoms with E-state index in [4.69, 9.17) is 0 Å². The van der Waals surface area contributed by atoms with Crippen molar-refractivity contribution in [3.8, 4) is 0 Å². The largest absolute Gasteiger partial charge is 0.344 e. The van der Waals surface area contributed by atoms with Crippen LogP contribution < -0.4 is 10.6 Å². The van der Waals surface area contributed by atoms with Gasteiger partial charge in [-0.25, -0.2) is 0 Å². The molecule has 6 nitrogen and oxygen atoms in total. The zero-order valence-corrected chi connectivity index (χ0v) is 11.4. The van der Waals surface area contributed by atoms with E-state index in [1.165, 1.54) is 0 Å². The van der Waals surface area contributed by atoms with Crippen molar-refractivity contribution < 1.29 is 9.59 Å². The Balaban J connectivity index is 2.54. The molecule has 0 saturated carbocycles. The third-order valence-electron chi connectivity index (χ3n) is 2.39. The second kappa shape index (κ2) is 5.20. The van der Waals surface area contributed by atoms with Gasteiger partial charge in [0.25, 0.3) is 0 Å². The molecule has 0 aromatic carbocycles. The monoisotopic (exact) mass is 252 g/mol. The molecular formula is C12H20N4O2. The van der Waals surface area contributed by atoms with E-state index in [1.54, 1.807) is 51.7 Å². The van der Waals surface area contributed by atoms with E-state index >= 15 is 0 Å². The van der Waals surface area contributed by atoms with Gasteiger partial charge in [0.05, 0.1) is 0 Å². The minimum absolute atomic E-state index is 0.161. The van der Waals surface area contributed by atoms with Crippen molar-refractivity contribution in [2.75, 3.05) is 5.32 Å². The topological polar surface area (TPSA) is 76.0 Å². The normalized spacial score (nSPS) is 12.9. The lowest BCUT2D eigenvalue weighted by Gasteiger charge is -2.21. The van der Waals surface area contributed by atoms with Crippen LogP contribution in [0, 0.1) is 5.41 Å². The lowest BCUT2D eigenvalue weighted by atomic mass is 9.95. The van der Waals surface area contributed by atoms with Gasteiger partial charge in [-0.15, -0.1) is 0 Å². The zero-order valence-electron chi connectivity index (χ0n) is 11.4. The fourth-order valence-corrected chi connectivity index (χ4v) is 1.19. The predicted molar refractivity (Wildman–Crippen MR) is 68.9 cm³/mol. The summed E-state index contributed by atoms with van der Waals surface area (Å²) < 4.78 is 1.59. The minimum Gasteiger partial charge on any atom is -0.344 e. The Morgan fingerprint density at radius 2 is 2.00 bits per heavy atom. The van der Waals surface area contributed by atoms with E-state index in [0.29, 0.717) is 5.82 Å². The summed E-state index contributed by atoms with van der Waals surface area (Å²) >= 11 is 0. The molecule has 1 heterocycles. The Morgan fingerprint density at radius 3 is 2.44 bits per heavy atom. The van der Waals surface area contributed by atoms with E-state index in [2.05, 4.69) is 15.7 Å². The maximum Gasteiger partial charge on any atom is 0.247 e. The Bertz CT molecular complexity index is 445. The fourth-order valence-electron chi connectivity index (χ4n) is 1.19. The first-order chi connectivity index (χ1) is 8.20. The summed E-state index contributed by atoms with van der Waals surface area (Å²) in [5.41, 5.74) is -0.514. The number of amides is 2. The summed E-state index contributed by atoms with van der Waals surface area (Å²) in [6.07, 6.45) is 1.73. The van der Waals surface area contributed by atoms with Crippen molar-refractivity contribution in [2.45, 2.75) is 33.7 Å². The van der Waals surface area contributed by atoms with Crippen LogP contribution in [0.2, 0.25) is 0 Å². The lowest BCUT2D eigenvalue weighted by Crippen LogP contribution is -2.46. The van der Waals surface area contributed by atoms with E-state index in [0.717, 1.165) is 0 Å². The molecule has 1 aromatic heterocycles. The molecule has 1 rings (SSSR count). The first-order valence-electron chi connectivity index (χ1n) is 5.81. The molecule has 0 spiro atoms. The van der Waals surface area contributed by atoms with E-state index < -0.39 is 11.5 Å². The molecule has 18 heavy (non-hydrogen) atoms. The number of carbonyl (C=O) groups is 2. The quantitative estimate of drug-likeness (QED) is 0.839. The van der Waals surface area contributed by atoms with Crippen molar-refractivity contribution >= 4 is 17.6 Å². The number of rotatable bonds is 3. The summed E-state index contributed by atoms with van der Waals surface area (Å²) in [5.74, 6) is 0.0248. The third-order valence-corrected chi connectivity index (χ3v) is 2.39. The van der Waals surface area contributed by atoms with Gasteiger partial charge in [-0.2, -0.15) is 5.10 Å². The number of hydrogen-bond acceptors (Lipinski definition) is 3. The van der Waals surface area contributed by atoms with Crippen molar-refractivity contribution in [1.29, 1.82) is 0 Å². The van der Waals surface area contributed by atoms with Crippen LogP contribution in [0.25, 0.3) is 0 Å². The van der Waals surface area contributed by atoms with Gasteiger partial charge in [0.1, 0.15) is 6.04 Å². The molecule has 0 radical (unpaired) electrons. The van der Waals surface area contributed by atoms with Gasteiger partial charge < -0.3 is 10.6 Å². The molecule has 2 N–H and O–H groups in total. The SMILES string of the molecule is CC(NC(=O)C(C)(C)C)C(=O)Nc1ccn(C)n1. The highest BCUT2D eigenvalue weighted by Crippen LogP contribution is 2.13. The number of nitrogens with zero attached hydrogens (tertiary/aromatic N) is 2. The molecule has 1 aromatic rings. The maximum absolute atomic E-state index is 11.8. The summed E-state index contributed by atoms with van der Waals surface area (Å²) in [4.78, 5) is 23.5. The summed E-state index contributed by atoms with van der Waals surface area (Å²) in [7, 11) is 1.76. The third kappa shape index (κ3) is 3.87. The van der Waals surface area contributed by atoms with Gasteiger partial charge in [0.2, 0.25) is 11.8 Å². The number of anilines is 1. The molecule has 1 atom stereocenters. The zero-order chi connectivity index (χ0) is 13.9. The molecule has 0 aliphatic carbocycles. The highest BCUT2D eigenvalue weighted by molar-refractivity contribution is 5.96. The van der Waals surface area contributed by atoms with Crippen LogP contribution in [0.4, 0.5) is 5.82 Å². The number of aromatic nitrogens is 2. The molecule has 0 saturated heterocycles. The van der Waals surface area contributed by atoms with E-state index in [-0.39, 0.29) is 11.8 Å². The van der Waals surface area contributed by atoms with Gasteiger partial charge in [-0.1, -0.05) is 20.8 Å². The number of hydrogen-bond donors (Lipinski definition) is 2. The first kappa shape index (κ1) is 14.2. The summed E-state index contributed by atoms with van der Waals surface area (Å²) in [5, 5.41) is 9.33. The molecule has 0 bridgehead atoms. The Labute approximate surface area is 107 Å². The van der Waals surface area contributed by atoms with Crippen molar-refractivity contribution in [3.63, 3.8) is 0 Å². The van der Waals surface area contributed by atoms with Crippen LogP contribution in [0.1, 0.15) is 27.7 Å². The first-order valence-corrected chi connectivity index (χ1v) is 5.81. The van der Waals surface area contributed by atoms with Gasteiger partial charge in [-0.3, -0.25) is 14.3 Å². The minimum atomic E-state index is -0.598. The Kier molecular flexibility index (Phi) is 4.11. The fraction of sp³-hybridized carbons (Fsp3) is 0.583. The van der Waals surface area contributed by atoms with Crippen LogP contribution in [0.15, 0.2) is 12.3 Å². The predicted octanol–water partition coefficient (Wildman–Crippen LogP) is 0.909. The van der Waals surface area contributed by atoms with Crippen LogP contribution in [-0.4, -0.2) is 27.6 Å². The van der Waals surface area contributed by atoms with E-state index in [1.807, 2.05) is 0 Å². The second-order valence-electron chi connectivity index (χ2n) is 5.31. The Morgan fingerprint density at radius 1 is 1.39 bits per heavy atom. The molecule has 6 heteroatoms. The second-order valence-corrected chi connectivity index (χ2v) is 5.31. The molecule has 0 fully saturated rings. The van der Waals surface area contributed by atoms with Gasteiger partial charge in [-0.05, 0) is 6.92 Å². The molecule has 0 aliphatic heterocycles. The number of aryl methyl sites for hydroxylation is 1. The Hall–Kier alpha value is -1.85. The highest BCUT2D eigenvalue weighted by Gasteiger charge is 2.25. The highest BCUT2D eigenvalue weighted by atomic mass is 16.2. The van der Waals surface area contributed by atoms with Crippen LogP contribution >= 0.6 is 0 Å². The van der Waals surface area contributed by atoms with Gasteiger partial charge in [0.15, 0.2) is 5.82 Å². The van der Waals surface area contributed by atoms with Crippen molar-refractivity contribution in [3.05, 3.63) is 12.3 Å². The van der Waals surface area contributed by atoms with Crippen molar-refractivity contribution in [2.24, 2.45) is 12.5 Å².